The van der Waals surface area contributed by atoms with Gasteiger partial charge in [-0.2, -0.15) is 13.2 Å². The summed E-state index contributed by atoms with van der Waals surface area (Å²) >= 11 is 0. The van der Waals surface area contributed by atoms with Crippen molar-refractivity contribution in [1.29, 1.82) is 0 Å². The van der Waals surface area contributed by atoms with Gasteiger partial charge < -0.3 is 4.74 Å². The summed E-state index contributed by atoms with van der Waals surface area (Å²) in [4.78, 5) is 0. The van der Waals surface area contributed by atoms with E-state index >= 15 is 0 Å². The van der Waals surface area contributed by atoms with Crippen molar-refractivity contribution in [1.82, 2.24) is 0 Å². The molecule has 0 amide bonds. The van der Waals surface area contributed by atoms with Gasteiger partial charge in [0.15, 0.2) is 0 Å². The third kappa shape index (κ3) is 3.10. The molecular formula is C11H18F6O. The molecule has 0 aliphatic rings. The Morgan fingerprint density at radius 1 is 0.944 bits per heavy atom. The molecule has 0 aliphatic carbocycles. The average molecular weight is 280 g/mol. The Morgan fingerprint density at radius 2 is 1.33 bits per heavy atom. The van der Waals surface area contributed by atoms with Crippen molar-refractivity contribution >= 4 is 0 Å². The summed E-state index contributed by atoms with van der Waals surface area (Å²) in [7, 11) is 0. The van der Waals surface area contributed by atoms with Gasteiger partial charge in [0.25, 0.3) is 0 Å². The highest BCUT2D eigenvalue weighted by Gasteiger charge is 2.60. The summed E-state index contributed by atoms with van der Waals surface area (Å²) in [6.07, 6.45) is -8.40. The standard InChI is InChI=1S/C11H18F6O/c1-6-9(4,8(2,3)7(12)13)18-10(5,14)11(15,16)17/h7H,6H2,1-5H3. The Kier molecular flexibility index (Phi) is 4.78. The Morgan fingerprint density at radius 3 is 1.56 bits per heavy atom. The summed E-state index contributed by atoms with van der Waals surface area (Å²) in [6.45, 7) is 4.71. The average Bonchev–Trinajstić information content (AvgIpc) is 2.14. The van der Waals surface area contributed by atoms with Crippen LogP contribution in [0.15, 0.2) is 0 Å². The molecule has 18 heavy (non-hydrogen) atoms. The van der Waals surface area contributed by atoms with Crippen molar-refractivity contribution in [3.63, 3.8) is 0 Å². The maximum Gasteiger partial charge on any atom is 0.448 e. The minimum Gasteiger partial charge on any atom is -0.332 e. The zero-order valence-electron chi connectivity index (χ0n) is 11.0. The van der Waals surface area contributed by atoms with Gasteiger partial charge in [0, 0.05) is 6.92 Å². The number of hydrogen-bond donors (Lipinski definition) is 0. The molecule has 7 heteroatoms. The van der Waals surface area contributed by atoms with Crippen LogP contribution in [0.2, 0.25) is 0 Å². The molecule has 0 N–H and O–H groups in total. The Balaban J connectivity index is 5.35. The largest absolute Gasteiger partial charge is 0.448 e. The summed E-state index contributed by atoms with van der Waals surface area (Å²) in [6, 6.07) is 0. The minimum absolute atomic E-state index is 0.181. The SMILES string of the molecule is CCC(C)(OC(C)(F)C(F)(F)F)C(C)(C)C(F)F. The second-order valence-corrected chi connectivity index (χ2v) is 5.12. The predicted molar refractivity (Wildman–Crippen MR) is 55.1 cm³/mol. The number of ether oxygens (including phenoxy) is 1. The quantitative estimate of drug-likeness (QED) is 0.663. The van der Waals surface area contributed by atoms with E-state index < -0.39 is 29.5 Å². The van der Waals surface area contributed by atoms with Crippen molar-refractivity contribution in [2.24, 2.45) is 5.41 Å². The Labute approximate surface area is 102 Å². The lowest BCUT2D eigenvalue weighted by atomic mass is 9.74. The molecule has 0 radical (unpaired) electrons. The van der Waals surface area contributed by atoms with Gasteiger partial charge in [-0.25, -0.2) is 13.2 Å². The van der Waals surface area contributed by atoms with Crippen LogP contribution in [0.5, 0.6) is 0 Å². The van der Waals surface area contributed by atoms with Crippen LogP contribution >= 0.6 is 0 Å². The van der Waals surface area contributed by atoms with Gasteiger partial charge in [0.2, 0.25) is 6.43 Å². The van der Waals surface area contributed by atoms with E-state index in [4.69, 9.17) is 0 Å². The molecule has 0 saturated carbocycles. The molecule has 0 aromatic carbocycles. The highest BCUT2D eigenvalue weighted by Crippen LogP contribution is 2.47. The van der Waals surface area contributed by atoms with Crippen LogP contribution in [0.3, 0.4) is 0 Å². The monoisotopic (exact) mass is 280 g/mol. The van der Waals surface area contributed by atoms with E-state index in [0.29, 0.717) is 0 Å². The fraction of sp³-hybridized carbons (Fsp3) is 1.00. The number of hydrogen-bond acceptors (Lipinski definition) is 1. The highest BCUT2D eigenvalue weighted by molar-refractivity contribution is 4.94. The van der Waals surface area contributed by atoms with Crippen molar-refractivity contribution in [3.05, 3.63) is 0 Å². The first kappa shape index (κ1) is 17.5. The molecule has 1 nitrogen and oxygen atoms in total. The maximum absolute atomic E-state index is 13.5. The van der Waals surface area contributed by atoms with E-state index in [1.165, 1.54) is 6.92 Å². The lowest BCUT2D eigenvalue weighted by Crippen LogP contribution is -2.55. The molecule has 0 aromatic heterocycles. The molecule has 0 aromatic rings. The van der Waals surface area contributed by atoms with Crippen molar-refractivity contribution in [3.8, 4) is 0 Å². The fourth-order valence-electron chi connectivity index (χ4n) is 1.37. The summed E-state index contributed by atoms with van der Waals surface area (Å²) in [5.74, 6) is -3.97. The van der Waals surface area contributed by atoms with Crippen molar-refractivity contribution < 1.29 is 31.1 Å². The lowest BCUT2D eigenvalue weighted by molar-refractivity contribution is -0.370. The number of alkyl halides is 6. The third-order valence-electron chi connectivity index (χ3n) is 3.51. The predicted octanol–water partition coefficient (Wildman–Crippen LogP) is 4.71. The van der Waals surface area contributed by atoms with Crippen LogP contribution in [0.25, 0.3) is 0 Å². The molecule has 0 heterocycles. The number of halogens is 6. The van der Waals surface area contributed by atoms with Crippen LogP contribution in [-0.2, 0) is 4.74 Å². The molecule has 0 saturated heterocycles. The number of rotatable bonds is 5. The van der Waals surface area contributed by atoms with E-state index in [1.54, 1.807) is 0 Å². The molecule has 0 spiro atoms. The third-order valence-corrected chi connectivity index (χ3v) is 3.51. The molecule has 0 fully saturated rings. The first-order valence-corrected chi connectivity index (χ1v) is 5.45. The normalized spacial score (nSPS) is 20.7. The zero-order valence-corrected chi connectivity index (χ0v) is 11.0. The van der Waals surface area contributed by atoms with E-state index in [9.17, 15) is 26.3 Å². The van der Waals surface area contributed by atoms with E-state index in [2.05, 4.69) is 4.74 Å². The van der Waals surface area contributed by atoms with Crippen LogP contribution in [0.1, 0.15) is 41.0 Å². The molecule has 2 atom stereocenters. The van der Waals surface area contributed by atoms with Gasteiger partial charge in [-0.1, -0.05) is 20.8 Å². The second kappa shape index (κ2) is 4.90. The van der Waals surface area contributed by atoms with Gasteiger partial charge in [0.05, 0.1) is 11.0 Å². The van der Waals surface area contributed by atoms with Gasteiger partial charge in [0.1, 0.15) is 0 Å². The Hall–Kier alpha value is -0.460. The second-order valence-electron chi connectivity index (χ2n) is 5.12. The molecule has 0 rings (SSSR count). The topological polar surface area (TPSA) is 9.23 Å². The van der Waals surface area contributed by atoms with Crippen molar-refractivity contribution in [2.45, 2.75) is 65.1 Å². The molecule has 2 unspecified atom stereocenters. The van der Waals surface area contributed by atoms with E-state index in [0.717, 1.165) is 20.8 Å². The highest BCUT2D eigenvalue weighted by atomic mass is 19.4. The minimum atomic E-state index is -5.28. The van der Waals surface area contributed by atoms with Crippen molar-refractivity contribution in [2.75, 3.05) is 0 Å². The molecular weight excluding hydrogens is 262 g/mol. The smallest absolute Gasteiger partial charge is 0.332 e. The van der Waals surface area contributed by atoms with Crippen LogP contribution in [-0.4, -0.2) is 24.1 Å². The first-order chi connectivity index (χ1) is 7.71. The van der Waals surface area contributed by atoms with Gasteiger partial charge in [-0.05, 0) is 13.3 Å². The van der Waals surface area contributed by atoms with Gasteiger partial charge >= 0.3 is 12.0 Å². The first-order valence-electron chi connectivity index (χ1n) is 5.45. The Bertz CT molecular complexity index is 284. The van der Waals surface area contributed by atoms with Gasteiger partial charge in [-0.15, -0.1) is 0 Å². The summed E-state index contributed by atoms with van der Waals surface area (Å²) in [5, 5.41) is 0. The molecule has 0 bridgehead atoms. The molecule has 0 aliphatic heterocycles. The van der Waals surface area contributed by atoms with Crippen LogP contribution < -0.4 is 0 Å². The lowest BCUT2D eigenvalue weighted by Gasteiger charge is -2.46. The molecule has 110 valence electrons. The van der Waals surface area contributed by atoms with Crippen LogP contribution in [0, 0.1) is 5.41 Å². The fourth-order valence-corrected chi connectivity index (χ4v) is 1.37. The van der Waals surface area contributed by atoms with Crippen LogP contribution in [0.4, 0.5) is 26.3 Å². The van der Waals surface area contributed by atoms with E-state index in [-0.39, 0.29) is 13.3 Å². The summed E-state index contributed by atoms with van der Waals surface area (Å²) < 4.78 is 80.8. The van der Waals surface area contributed by atoms with E-state index in [1.807, 2.05) is 0 Å². The summed E-state index contributed by atoms with van der Waals surface area (Å²) in [5.41, 5.74) is -3.86. The van der Waals surface area contributed by atoms with Gasteiger partial charge in [-0.3, -0.25) is 0 Å². The maximum atomic E-state index is 13.5. The zero-order chi connectivity index (χ0) is 15.0.